The molecule has 350 valence electrons. The smallest absolute Gasteiger partial charge is 0.347 e. The first-order chi connectivity index (χ1) is 27.9. The number of carboxylic acid groups (broad SMARTS) is 1. The van der Waals surface area contributed by atoms with E-state index in [1.165, 1.54) is 13.8 Å². The van der Waals surface area contributed by atoms with Crippen LogP contribution in [0.1, 0.15) is 114 Å². The molecule has 4 atom stereocenters. The molecule has 2 aliphatic heterocycles. The fraction of sp³-hybridized carbons (Fsp3) is 0.805. The molecular weight excluding hydrogens is 835 g/mol. The molecule has 0 saturated carbocycles. The molecule has 20 heteroatoms. The van der Waals surface area contributed by atoms with Crippen molar-refractivity contribution >= 4 is 72.4 Å². The molecule has 4 amide bonds. The van der Waals surface area contributed by atoms with E-state index in [0.717, 1.165) is 11.3 Å². The lowest BCUT2D eigenvalue weighted by Crippen LogP contribution is -2.57. The van der Waals surface area contributed by atoms with Crippen LogP contribution in [0.25, 0.3) is 0 Å². The van der Waals surface area contributed by atoms with E-state index in [0.29, 0.717) is 32.0 Å². The van der Waals surface area contributed by atoms with Crippen LogP contribution in [-0.4, -0.2) is 143 Å². The second kappa shape index (κ2) is 24.6. The number of rotatable bonds is 25. The molecular formula is C41H71N5O13S2. The first kappa shape index (κ1) is 55.9. The van der Waals surface area contributed by atoms with E-state index in [9.17, 15) is 43.5 Å². The van der Waals surface area contributed by atoms with E-state index in [2.05, 4.69) is 55.1 Å². The third-order valence-corrected chi connectivity index (χ3v) is 10.8. The van der Waals surface area contributed by atoms with Gasteiger partial charge in [-0.3, -0.25) is 33.7 Å². The van der Waals surface area contributed by atoms with Crippen molar-refractivity contribution in [2.24, 2.45) is 17.1 Å². The number of carboxylic acids is 1. The van der Waals surface area contributed by atoms with Crippen molar-refractivity contribution in [1.29, 1.82) is 0 Å². The lowest BCUT2D eigenvalue weighted by molar-refractivity contribution is -0.185. The Morgan fingerprint density at radius 3 is 2.15 bits per heavy atom. The molecule has 2 heterocycles. The maximum atomic E-state index is 12.8. The summed E-state index contributed by atoms with van der Waals surface area (Å²) in [6, 6.07) is -1.15. The summed E-state index contributed by atoms with van der Waals surface area (Å²) in [5.41, 5.74) is 1.35. The summed E-state index contributed by atoms with van der Waals surface area (Å²) < 4.78 is 21.7. The number of ether oxygens (including phenoxy) is 4. The number of amides is 4. The molecule has 0 aliphatic carbocycles. The second-order valence-corrected chi connectivity index (χ2v) is 19.6. The van der Waals surface area contributed by atoms with E-state index in [1.54, 1.807) is 27.7 Å². The Morgan fingerprint density at radius 2 is 1.59 bits per heavy atom. The van der Waals surface area contributed by atoms with Crippen LogP contribution in [0.15, 0.2) is 0 Å². The van der Waals surface area contributed by atoms with Crippen molar-refractivity contribution in [3.63, 3.8) is 0 Å². The number of hydrogen-bond donors (Lipinski definition) is 7. The third kappa shape index (κ3) is 20.3. The number of cyclic esters (lactones) is 1. The molecule has 0 bridgehead atoms. The van der Waals surface area contributed by atoms with Crippen molar-refractivity contribution in [2.45, 2.75) is 147 Å². The summed E-state index contributed by atoms with van der Waals surface area (Å²) in [5.74, 6) is -3.41. The van der Waals surface area contributed by atoms with Gasteiger partial charge in [-0.05, 0) is 66.7 Å². The van der Waals surface area contributed by atoms with Gasteiger partial charge in [0, 0.05) is 57.3 Å². The number of aliphatic carboxylic acids is 1. The van der Waals surface area contributed by atoms with Crippen LogP contribution in [0.3, 0.4) is 0 Å². The van der Waals surface area contributed by atoms with Crippen LogP contribution < -0.4 is 21.7 Å². The van der Waals surface area contributed by atoms with Crippen molar-refractivity contribution in [3.8, 4) is 0 Å². The lowest BCUT2D eigenvalue weighted by atomic mass is 9.79. The van der Waals surface area contributed by atoms with Crippen molar-refractivity contribution < 1.29 is 62.4 Å². The number of ketones is 2. The number of esters is 1. The highest BCUT2D eigenvalue weighted by Gasteiger charge is 2.49. The fourth-order valence-corrected chi connectivity index (χ4v) is 6.34. The Bertz CT molecular complexity index is 1550. The zero-order valence-electron chi connectivity index (χ0n) is 37.6. The normalized spacial score (nSPS) is 21.7. The predicted molar refractivity (Wildman–Crippen MR) is 233 cm³/mol. The Hall–Kier alpha value is -3.14. The number of carbonyl (C=O) groups excluding carboxylic acids is 7. The van der Waals surface area contributed by atoms with Crippen LogP contribution in [-0.2, 0) is 57.3 Å². The number of thiol groups is 2. The number of hydrogen-bond acceptors (Lipinski definition) is 16. The summed E-state index contributed by atoms with van der Waals surface area (Å²) in [6.45, 7) is 19.8. The molecule has 2 rings (SSSR count). The number of imide groups is 1. The Labute approximate surface area is 371 Å². The van der Waals surface area contributed by atoms with Crippen LogP contribution in [0.5, 0.6) is 0 Å². The zero-order valence-corrected chi connectivity index (χ0v) is 39.4. The Balaban J connectivity index is 0.000000668. The number of nitrogens with two attached hydrogens (primary N) is 1. The topological polar surface area (TPSA) is 259 Å². The van der Waals surface area contributed by atoms with E-state index >= 15 is 0 Å². The predicted octanol–water partition coefficient (Wildman–Crippen LogP) is 1.99. The molecule has 6 N–H and O–H groups in total. The van der Waals surface area contributed by atoms with Gasteiger partial charge in [0.15, 0.2) is 11.6 Å². The van der Waals surface area contributed by atoms with Gasteiger partial charge in [-0.1, -0.05) is 27.7 Å². The Kier molecular flexibility index (Phi) is 22.6. The van der Waals surface area contributed by atoms with Gasteiger partial charge in [0.25, 0.3) is 0 Å². The van der Waals surface area contributed by atoms with Gasteiger partial charge >= 0.3 is 11.9 Å². The molecule has 2 aliphatic rings. The number of nitrogens with one attached hydrogen (secondary N) is 3. The van der Waals surface area contributed by atoms with Gasteiger partial charge < -0.3 is 45.7 Å². The largest absolute Gasteiger partial charge is 0.478 e. The van der Waals surface area contributed by atoms with Crippen LogP contribution in [0.4, 0.5) is 0 Å². The van der Waals surface area contributed by atoms with E-state index in [-0.39, 0.29) is 100.0 Å². The summed E-state index contributed by atoms with van der Waals surface area (Å²) in [7, 11) is 0. The minimum Gasteiger partial charge on any atom is -0.478 e. The highest BCUT2D eigenvalue weighted by Crippen LogP contribution is 2.34. The van der Waals surface area contributed by atoms with E-state index in [1.807, 2.05) is 13.8 Å². The Morgan fingerprint density at radius 1 is 0.967 bits per heavy atom. The van der Waals surface area contributed by atoms with E-state index in [4.69, 9.17) is 24.7 Å². The standard InChI is InChI=1S/C24H41N3O9S.C17H30N2O4S/c1-21(2)14-23(5,20(32)33)36-18(30)15(27-19(21)31)7-8-16(28)22(3,4)26-9-10-34-11-12-35-13-17(29)24(6,25)37;1-12(2)6-10-23-17(3,4)7-8-18-14(20)5-9-19-15(21)11-13(24)16(19)22/h15,26,37H,7-14,25H2,1-6H3,(H,27,31)(H,32,33);12-13,24H,5-11H2,1-4H3,(H,18,20)/t15-,23?,24?;/m0./s1. The SMILES string of the molecule is CC(C)CCOC(C)(C)CCNC(=O)CCN1C(=O)CC(S)C1=O.CC(N)(S)C(=O)COCCOCCNC(C)(C)C(=O)CC[C@@H]1NC(=O)C(C)(C)CC(C)(C(=O)O)OC1=O. The van der Waals surface area contributed by atoms with Crippen LogP contribution in [0.2, 0.25) is 0 Å². The quantitative estimate of drug-likeness (QED) is 0.0227. The average Bonchev–Trinajstić information content (AvgIpc) is 3.37. The molecule has 0 radical (unpaired) electrons. The summed E-state index contributed by atoms with van der Waals surface area (Å²) in [4.78, 5) is 96.5. The summed E-state index contributed by atoms with van der Waals surface area (Å²) >= 11 is 8.02. The maximum absolute atomic E-state index is 12.8. The van der Waals surface area contributed by atoms with Gasteiger partial charge in [-0.25, -0.2) is 9.59 Å². The highest BCUT2D eigenvalue weighted by atomic mass is 32.1. The minimum absolute atomic E-state index is 0.0407. The molecule has 0 aromatic rings. The molecule has 0 aromatic heterocycles. The summed E-state index contributed by atoms with van der Waals surface area (Å²) in [6.07, 6.45) is 1.67. The molecule has 2 saturated heterocycles. The van der Waals surface area contributed by atoms with Gasteiger partial charge in [-0.2, -0.15) is 12.6 Å². The molecule has 2 fully saturated rings. The van der Waals surface area contributed by atoms with Crippen molar-refractivity contribution in [2.75, 3.05) is 52.7 Å². The van der Waals surface area contributed by atoms with Gasteiger partial charge in [0.2, 0.25) is 29.2 Å². The van der Waals surface area contributed by atoms with Gasteiger partial charge in [0.1, 0.15) is 17.5 Å². The first-order valence-electron chi connectivity index (χ1n) is 20.6. The van der Waals surface area contributed by atoms with E-state index < -0.39 is 50.6 Å². The third-order valence-electron chi connectivity index (χ3n) is 10.1. The maximum Gasteiger partial charge on any atom is 0.347 e. The molecule has 3 unspecified atom stereocenters. The molecule has 0 spiro atoms. The van der Waals surface area contributed by atoms with Crippen molar-refractivity contribution in [3.05, 3.63) is 0 Å². The van der Waals surface area contributed by atoms with Gasteiger partial charge in [-0.15, -0.1) is 12.6 Å². The zero-order chi connectivity index (χ0) is 47.0. The van der Waals surface area contributed by atoms with Crippen LogP contribution >= 0.6 is 25.3 Å². The fourth-order valence-electron chi connectivity index (χ4n) is 5.98. The first-order valence-corrected chi connectivity index (χ1v) is 21.6. The highest BCUT2D eigenvalue weighted by molar-refractivity contribution is 7.82. The second-order valence-electron chi connectivity index (χ2n) is 18.0. The lowest BCUT2D eigenvalue weighted by Gasteiger charge is -2.38. The van der Waals surface area contributed by atoms with Crippen molar-refractivity contribution in [1.82, 2.24) is 20.9 Å². The molecule has 18 nitrogen and oxygen atoms in total. The molecule has 61 heavy (non-hydrogen) atoms. The van der Waals surface area contributed by atoms with Gasteiger partial charge in [0.05, 0.1) is 36.2 Å². The van der Waals surface area contributed by atoms with Crippen LogP contribution in [0, 0.1) is 11.3 Å². The molecule has 0 aromatic carbocycles. The average molecular weight is 906 g/mol. The number of Topliss-reactive ketones (excluding diaryl/α,β-unsaturated/α-hetero) is 2. The number of likely N-dealkylation sites (tertiary alicyclic amines) is 1. The number of nitrogens with zero attached hydrogens (tertiary/aromatic N) is 1. The monoisotopic (exact) mass is 905 g/mol. The number of carbonyl (C=O) groups is 8. The summed E-state index contributed by atoms with van der Waals surface area (Å²) in [5, 5.41) is 17.5. The minimum atomic E-state index is -1.86.